The van der Waals surface area contributed by atoms with Crippen LogP contribution in [0.4, 0.5) is 0 Å². The van der Waals surface area contributed by atoms with Crippen LogP contribution in [0.2, 0.25) is 0 Å². The number of halogens is 1. The van der Waals surface area contributed by atoms with E-state index >= 15 is 0 Å². The zero-order valence-electron chi connectivity index (χ0n) is 7.58. The van der Waals surface area contributed by atoms with Gasteiger partial charge in [-0.1, -0.05) is 0 Å². The fourth-order valence-corrected chi connectivity index (χ4v) is 1.96. The molecular weight excluding hydrogens is 246 g/mol. The molecule has 0 N–H and O–H groups in total. The van der Waals surface area contributed by atoms with Crippen LogP contribution in [-0.2, 0) is 11.2 Å². The molecule has 0 unspecified atom stereocenters. The van der Waals surface area contributed by atoms with Crippen LogP contribution in [0, 0.1) is 0 Å². The molecule has 0 amide bonds. The van der Waals surface area contributed by atoms with Crippen molar-refractivity contribution in [3.63, 3.8) is 0 Å². The van der Waals surface area contributed by atoms with Crippen LogP contribution in [0.25, 0.3) is 11.1 Å². The average molecular weight is 254 g/mol. The van der Waals surface area contributed by atoms with E-state index in [1.165, 1.54) is 6.39 Å². The molecule has 3 nitrogen and oxygen atoms in total. The van der Waals surface area contributed by atoms with Crippen molar-refractivity contribution < 1.29 is 9.21 Å². The van der Waals surface area contributed by atoms with Gasteiger partial charge in [0.05, 0.1) is 4.47 Å². The number of hydrogen-bond acceptors (Lipinski definition) is 3. The summed E-state index contributed by atoms with van der Waals surface area (Å²) in [5.41, 5.74) is 2.44. The van der Waals surface area contributed by atoms with Gasteiger partial charge < -0.3 is 4.42 Å². The zero-order chi connectivity index (χ0) is 10.1. The van der Waals surface area contributed by atoms with E-state index in [9.17, 15) is 4.79 Å². The molecule has 1 aromatic heterocycles. The Morgan fingerprint density at radius 2 is 2.36 bits per heavy atom. The lowest BCUT2D eigenvalue weighted by molar-refractivity contribution is -0.116. The predicted molar refractivity (Wildman–Crippen MR) is 56.1 cm³/mol. The third kappa shape index (κ3) is 1.70. The second-order valence-corrected chi connectivity index (χ2v) is 4.01. The number of carbonyl (C=O) groups is 1. The van der Waals surface area contributed by atoms with Gasteiger partial charge in [-0.05, 0) is 40.5 Å². The van der Waals surface area contributed by atoms with E-state index in [1.807, 2.05) is 12.1 Å². The largest absolute Gasteiger partial charge is 0.442 e. The molecule has 0 fully saturated rings. The molecule has 0 atom stereocenters. The number of aromatic nitrogens is 1. The number of oxazole rings is 1. The molecule has 14 heavy (non-hydrogen) atoms. The lowest BCUT2D eigenvalue weighted by Crippen LogP contribution is -1.95. The van der Waals surface area contributed by atoms with Crippen molar-refractivity contribution in [3.05, 3.63) is 28.6 Å². The molecular formula is C10H8BrNO2. The van der Waals surface area contributed by atoms with E-state index in [1.54, 1.807) is 6.92 Å². The van der Waals surface area contributed by atoms with E-state index < -0.39 is 0 Å². The average Bonchev–Trinajstić information content (AvgIpc) is 2.50. The third-order valence-corrected chi connectivity index (χ3v) is 2.49. The van der Waals surface area contributed by atoms with Crippen LogP contribution in [0.1, 0.15) is 12.5 Å². The molecule has 0 aliphatic rings. The Labute approximate surface area is 89.3 Å². The van der Waals surface area contributed by atoms with Gasteiger partial charge in [0.15, 0.2) is 12.0 Å². The molecule has 0 radical (unpaired) electrons. The van der Waals surface area contributed by atoms with Crippen molar-refractivity contribution >= 4 is 32.8 Å². The second kappa shape index (κ2) is 3.53. The highest BCUT2D eigenvalue weighted by atomic mass is 79.9. The van der Waals surface area contributed by atoms with Gasteiger partial charge in [0.2, 0.25) is 0 Å². The first-order valence-corrected chi connectivity index (χ1v) is 4.97. The lowest BCUT2D eigenvalue weighted by Gasteiger charge is -1.98. The highest BCUT2D eigenvalue weighted by molar-refractivity contribution is 9.10. The summed E-state index contributed by atoms with van der Waals surface area (Å²) in [5.74, 6) is 0.139. The molecule has 0 spiro atoms. The van der Waals surface area contributed by atoms with Gasteiger partial charge in [-0.15, -0.1) is 0 Å². The summed E-state index contributed by atoms with van der Waals surface area (Å²) >= 11 is 3.37. The van der Waals surface area contributed by atoms with Gasteiger partial charge in [-0.25, -0.2) is 4.98 Å². The van der Waals surface area contributed by atoms with E-state index in [-0.39, 0.29) is 5.78 Å². The number of carbonyl (C=O) groups excluding carboxylic acids is 1. The van der Waals surface area contributed by atoms with Crippen molar-refractivity contribution in [3.8, 4) is 0 Å². The minimum Gasteiger partial charge on any atom is -0.442 e. The van der Waals surface area contributed by atoms with Gasteiger partial charge in [-0.3, -0.25) is 4.79 Å². The highest BCUT2D eigenvalue weighted by Crippen LogP contribution is 2.25. The normalized spacial score (nSPS) is 10.7. The second-order valence-electron chi connectivity index (χ2n) is 3.16. The Morgan fingerprint density at radius 3 is 3.07 bits per heavy atom. The van der Waals surface area contributed by atoms with Gasteiger partial charge >= 0.3 is 0 Å². The molecule has 4 heteroatoms. The van der Waals surface area contributed by atoms with Crippen LogP contribution in [0.5, 0.6) is 0 Å². The van der Waals surface area contributed by atoms with Crippen LogP contribution < -0.4 is 0 Å². The monoisotopic (exact) mass is 253 g/mol. The topological polar surface area (TPSA) is 43.1 Å². The van der Waals surface area contributed by atoms with E-state index in [0.29, 0.717) is 6.42 Å². The van der Waals surface area contributed by atoms with E-state index in [4.69, 9.17) is 4.42 Å². The quantitative estimate of drug-likeness (QED) is 0.827. The minimum absolute atomic E-state index is 0.139. The van der Waals surface area contributed by atoms with E-state index in [2.05, 4.69) is 20.9 Å². The molecule has 1 heterocycles. The van der Waals surface area contributed by atoms with Gasteiger partial charge in [0.1, 0.15) is 11.3 Å². The zero-order valence-corrected chi connectivity index (χ0v) is 9.17. The fourth-order valence-electron chi connectivity index (χ4n) is 1.37. The summed E-state index contributed by atoms with van der Waals surface area (Å²) in [5, 5.41) is 0. The van der Waals surface area contributed by atoms with Crippen molar-refractivity contribution in [2.75, 3.05) is 0 Å². The standard InChI is InChI=1S/C10H8BrNO2/c1-6(13)2-7-3-8(11)10-9(4-7)12-5-14-10/h3-5H,2H2,1H3. The van der Waals surface area contributed by atoms with Crippen LogP contribution in [0.3, 0.4) is 0 Å². The Morgan fingerprint density at radius 1 is 1.57 bits per heavy atom. The Kier molecular flexibility index (Phi) is 2.37. The van der Waals surface area contributed by atoms with Crippen LogP contribution >= 0.6 is 15.9 Å². The highest BCUT2D eigenvalue weighted by Gasteiger charge is 2.07. The van der Waals surface area contributed by atoms with Gasteiger partial charge in [0, 0.05) is 6.42 Å². The fraction of sp³-hybridized carbons (Fsp3) is 0.200. The molecule has 0 saturated heterocycles. The van der Waals surface area contributed by atoms with Crippen molar-refractivity contribution in [2.24, 2.45) is 0 Å². The number of fused-ring (bicyclic) bond motifs is 1. The van der Waals surface area contributed by atoms with Crippen molar-refractivity contribution in [1.82, 2.24) is 4.98 Å². The number of nitrogens with zero attached hydrogens (tertiary/aromatic N) is 1. The summed E-state index contributed by atoms with van der Waals surface area (Å²) in [6.45, 7) is 1.57. The lowest BCUT2D eigenvalue weighted by atomic mass is 10.1. The Hall–Kier alpha value is -1.16. The third-order valence-electron chi connectivity index (χ3n) is 1.90. The molecule has 0 aliphatic heterocycles. The maximum Gasteiger partial charge on any atom is 0.182 e. The molecule has 0 saturated carbocycles. The molecule has 72 valence electrons. The first-order valence-electron chi connectivity index (χ1n) is 4.18. The summed E-state index contributed by atoms with van der Waals surface area (Å²) < 4.78 is 6.00. The van der Waals surface area contributed by atoms with Gasteiger partial charge in [0.25, 0.3) is 0 Å². The van der Waals surface area contributed by atoms with E-state index in [0.717, 1.165) is 21.1 Å². The first-order chi connectivity index (χ1) is 6.66. The number of ketones is 1. The van der Waals surface area contributed by atoms with Crippen LogP contribution in [-0.4, -0.2) is 10.8 Å². The number of benzene rings is 1. The van der Waals surface area contributed by atoms with Crippen molar-refractivity contribution in [1.29, 1.82) is 0 Å². The number of rotatable bonds is 2. The van der Waals surface area contributed by atoms with Crippen LogP contribution in [0.15, 0.2) is 27.4 Å². The maximum absolute atomic E-state index is 10.9. The predicted octanol–water partition coefficient (Wildman–Crippen LogP) is 2.72. The molecule has 2 rings (SSSR count). The number of hydrogen-bond donors (Lipinski definition) is 0. The summed E-state index contributed by atoms with van der Waals surface area (Å²) in [4.78, 5) is 15.0. The Balaban J connectivity index is 2.53. The molecule has 1 aromatic carbocycles. The number of Topliss-reactive ketones (excluding diaryl/α,β-unsaturated/α-hetero) is 1. The first kappa shape index (κ1) is 9.40. The summed E-state index contributed by atoms with van der Waals surface area (Å²) in [6, 6.07) is 3.75. The Bertz CT molecular complexity index is 490. The minimum atomic E-state index is 0.139. The molecule has 0 bridgehead atoms. The smallest absolute Gasteiger partial charge is 0.182 e. The molecule has 0 aliphatic carbocycles. The molecule has 2 aromatic rings. The van der Waals surface area contributed by atoms with Gasteiger partial charge in [-0.2, -0.15) is 0 Å². The SMILES string of the molecule is CC(=O)Cc1cc(Br)c2ocnc2c1. The van der Waals surface area contributed by atoms with Crippen molar-refractivity contribution in [2.45, 2.75) is 13.3 Å². The maximum atomic E-state index is 10.9. The summed E-state index contributed by atoms with van der Waals surface area (Å²) in [7, 11) is 0. The summed E-state index contributed by atoms with van der Waals surface area (Å²) in [6.07, 6.45) is 1.83.